The summed E-state index contributed by atoms with van der Waals surface area (Å²) < 4.78 is 14.7. The molecule has 140 valence electrons. The van der Waals surface area contributed by atoms with Gasteiger partial charge < -0.3 is 10.0 Å². The molecule has 0 saturated heterocycles. The van der Waals surface area contributed by atoms with Gasteiger partial charge in [-0.2, -0.15) is 0 Å². The highest BCUT2D eigenvalue weighted by Gasteiger charge is 2.12. The molecule has 1 aromatic rings. The number of hydrogen-bond donors (Lipinski definition) is 1. The first-order valence-electron chi connectivity index (χ1n) is 8.36. The van der Waals surface area contributed by atoms with Crippen LogP contribution in [0.4, 0.5) is 4.39 Å². The minimum absolute atomic E-state index is 0.0180. The molecule has 0 aliphatic carbocycles. The van der Waals surface area contributed by atoms with Crippen LogP contribution < -0.4 is 0 Å². The second-order valence-corrected chi connectivity index (χ2v) is 7.68. The number of allylic oxidation sites excluding steroid dienone is 4. The van der Waals surface area contributed by atoms with Gasteiger partial charge in [0.05, 0.1) is 0 Å². The number of hydrogen-bond acceptors (Lipinski definition) is 4. The molecular formula is C20H25FN2O2S. The molecule has 0 unspecified atom stereocenters. The molecule has 26 heavy (non-hydrogen) atoms. The number of halogens is 1. The number of rotatable bonds is 9. The summed E-state index contributed by atoms with van der Waals surface area (Å²) in [6.45, 7) is 6.34. The van der Waals surface area contributed by atoms with E-state index in [1.165, 1.54) is 6.08 Å². The Morgan fingerprint density at radius 1 is 1.54 bits per heavy atom. The van der Waals surface area contributed by atoms with Crippen LogP contribution in [0.1, 0.15) is 39.2 Å². The zero-order valence-corrected chi connectivity index (χ0v) is 16.4. The van der Waals surface area contributed by atoms with E-state index in [0.717, 1.165) is 16.2 Å². The number of carbonyl (C=O) groups is 1. The number of carboxylic acid groups (broad SMARTS) is 1. The molecule has 1 rings (SSSR count). The summed E-state index contributed by atoms with van der Waals surface area (Å²) in [7, 11) is 1.66. The largest absolute Gasteiger partial charge is 0.481 e. The van der Waals surface area contributed by atoms with Crippen LogP contribution in [0.3, 0.4) is 0 Å². The summed E-state index contributed by atoms with van der Waals surface area (Å²) in [4.78, 5) is 16.5. The summed E-state index contributed by atoms with van der Waals surface area (Å²) in [5.74, 6) is 0.958. The van der Waals surface area contributed by atoms with Crippen molar-refractivity contribution in [3.63, 3.8) is 0 Å². The summed E-state index contributed by atoms with van der Waals surface area (Å²) in [5.41, 5.74) is 1.70. The van der Waals surface area contributed by atoms with Crippen molar-refractivity contribution in [1.29, 1.82) is 0 Å². The van der Waals surface area contributed by atoms with Crippen LogP contribution >= 0.6 is 11.8 Å². The average molecular weight is 376 g/mol. The zero-order valence-electron chi connectivity index (χ0n) is 15.6. The van der Waals surface area contributed by atoms with Gasteiger partial charge in [0.15, 0.2) is 5.83 Å². The van der Waals surface area contributed by atoms with Crippen LogP contribution in [0.25, 0.3) is 5.57 Å². The molecule has 0 fully saturated rings. The van der Waals surface area contributed by atoms with Gasteiger partial charge in [-0.1, -0.05) is 19.9 Å². The molecular weight excluding hydrogens is 351 g/mol. The third-order valence-electron chi connectivity index (χ3n) is 3.52. The van der Waals surface area contributed by atoms with Crippen LogP contribution in [-0.2, 0) is 4.79 Å². The lowest BCUT2D eigenvalue weighted by molar-refractivity contribution is -0.137. The second kappa shape index (κ2) is 10.7. The number of carboxylic acids is 1. The lowest BCUT2D eigenvalue weighted by atomic mass is 10.1. The summed E-state index contributed by atoms with van der Waals surface area (Å²) in [6, 6.07) is 3.72. The van der Waals surface area contributed by atoms with Gasteiger partial charge in [-0.15, -0.1) is 18.2 Å². The maximum absolute atomic E-state index is 14.7. The molecule has 4 nitrogen and oxygen atoms in total. The van der Waals surface area contributed by atoms with E-state index >= 15 is 0 Å². The smallest absolute Gasteiger partial charge is 0.303 e. The fourth-order valence-electron chi connectivity index (χ4n) is 2.29. The Labute approximate surface area is 159 Å². The maximum Gasteiger partial charge on any atom is 0.303 e. The molecule has 6 heteroatoms. The number of aromatic nitrogens is 1. The lowest BCUT2D eigenvalue weighted by Crippen LogP contribution is -2.20. The third-order valence-corrected chi connectivity index (χ3v) is 4.54. The van der Waals surface area contributed by atoms with Gasteiger partial charge in [-0.25, -0.2) is 9.37 Å². The normalized spacial score (nSPS) is 12.6. The second-order valence-electron chi connectivity index (χ2n) is 6.11. The van der Waals surface area contributed by atoms with Crippen LogP contribution in [0, 0.1) is 12.3 Å². The number of pyridine rings is 1. The average Bonchev–Trinajstić information content (AvgIpc) is 2.54. The van der Waals surface area contributed by atoms with Crippen LogP contribution in [0.2, 0.25) is 0 Å². The molecule has 0 saturated carbocycles. The Hall–Kier alpha value is -2.26. The Morgan fingerprint density at radius 2 is 2.23 bits per heavy atom. The summed E-state index contributed by atoms with van der Waals surface area (Å²) >= 11 is 1.62. The van der Waals surface area contributed by atoms with Gasteiger partial charge >= 0.3 is 5.97 Å². The topological polar surface area (TPSA) is 53.4 Å². The first kappa shape index (κ1) is 21.8. The van der Waals surface area contributed by atoms with Crippen molar-refractivity contribution in [3.05, 3.63) is 41.5 Å². The van der Waals surface area contributed by atoms with Crippen LogP contribution in [0.5, 0.6) is 0 Å². The van der Waals surface area contributed by atoms with Gasteiger partial charge in [0, 0.05) is 37.0 Å². The van der Waals surface area contributed by atoms with E-state index in [0.29, 0.717) is 18.2 Å². The monoisotopic (exact) mass is 376 g/mol. The van der Waals surface area contributed by atoms with Crippen molar-refractivity contribution in [2.75, 3.05) is 13.6 Å². The van der Waals surface area contributed by atoms with Crippen molar-refractivity contribution < 1.29 is 14.3 Å². The fraction of sp³-hybridized carbons (Fsp3) is 0.400. The minimum Gasteiger partial charge on any atom is -0.481 e. The molecule has 0 spiro atoms. The zero-order chi connectivity index (χ0) is 19.7. The Balaban J connectivity index is 3.06. The highest BCUT2D eigenvalue weighted by atomic mass is 32.2. The minimum atomic E-state index is -0.882. The SMILES string of the molecule is C#C/C(=C(F)\C=C(/C)c1cccnc1SC(C)C)N(C)CCCC(=O)O. The molecule has 0 bridgehead atoms. The maximum atomic E-state index is 14.7. The van der Waals surface area contributed by atoms with E-state index < -0.39 is 11.8 Å². The molecule has 1 N–H and O–H groups in total. The molecule has 0 amide bonds. The van der Waals surface area contributed by atoms with Crippen LogP contribution in [-0.4, -0.2) is 39.8 Å². The Morgan fingerprint density at radius 3 is 2.81 bits per heavy atom. The third kappa shape index (κ3) is 6.93. The molecule has 0 aromatic carbocycles. The molecule has 0 aliphatic rings. The summed E-state index contributed by atoms with van der Waals surface area (Å²) in [5, 5.41) is 9.91. The number of thioether (sulfide) groups is 1. The Bertz CT molecular complexity index is 736. The standard InChI is InChI=1S/C20H25FN2O2S/c1-6-18(23(5)12-8-10-19(24)25)17(21)13-15(4)16-9-7-11-22-20(16)26-14(2)3/h1,7,9,11,13-14H,8,10,12H2,2-5H3,(H,24,25)/b15-13+,18-17-. The van der Waals surface area contributed by atoms with E-state index in [2.05, 4.69) is 24.8 Å². The van der Waals surface area contributed by atoms with Crippen molar-refractivity contribution in [2.45, 2.75) is 43.9 Å². The fourth-order valence-corrected chi connectivity index (χ4v) is 3.21. The van der Waals surface area contributed by atoms with E-state index in [9.17, 15) is 9.18 Å². The molecule has 0 atom stereocenters. The van der Waals surface area contributed by atoms with Crippen molar-refractivity contribution >= 4 is 23.3 Å². The molecule has 0 radical (unpaired) electrons. The first-order valence-corrected chi connectivity index (χ1v) is 9.23. The van der Waals surface area contributed by atoms with Crippen LogP contribution in [0.15, 0.2) is 41.0 Å². The van der Waals surface area contributed by atoms with E-state index in [4.69, 9.17) is 11.5 Å². The van der Waals surface area contributed by atoms with E-state index in [1.54, 1.807) is 29.9 Å². The lowest BCUT2D eigenvalue weighted by Gasteiger charge is -2.18. The number of terminal acetylenes is 1. The summed E-state index contributed by atoms with van der Waals surface area (Å²) in [6.07, 6.45) is 9.00. The first-order chi connectivity index (χ1) is 12.3. The molecule has 0 aliphatic heterocycles. The van der Waals surface area contributed by atoms with Crippen molar-refractivity contribution in [1.82, 2.24) is 9.88 Å². The Kier molecular flexibility index (Phi) is 8.94. The number of nitrogens with zero attached hydrogens (tertiary/aromatic N) is 2. The van der Waals surface area contributed by atoms with E-state index in [-0.39, 0.29) is 12.1 Å². The quantitative estimate of drug-likeness (QED) is 0.388. The number of aliphatic carboxylic acids is 1. The van der Waals surface area contributed by atoms with Gasteiger partial charge in [-0.05, 0) is 37.0 Å². The predicted octanol–water partition coefficient (Wildman–Crippen LogP) is 4.60. The molecule has 1 heterocycles. The van der Waals surface area contributed by atoms with Gasteiger partial charge in [-0.3, -0.25) is 4.79 Å². The van der Waals surface area contributed by atoms with Gasteiger partial charge in [0.25, 0.3) is 0 Å². The predicted molar refractivity (Wildman–Crippen MR) is 105 cm³/mol. The highest BCUT2D eigenvalue weighted by molar-refractivity contribution is 7.99. The van der Waals surface area contributed by atoms with Crippen molar-refractivity contribution in [2.24, 2.45) is 0 Å². The highest BCUT2D eigenvalue weighted by Crippen LogP contribution is 2.30. The molecule has 1 aromatic heterocycles. The van der Waals surface area contributed by atoms with Crippen molar-refractivity contribution in [3.8, 4) is 12.3 Å². The van der Waals surface area contributed by atoms with Gasteiger partial charge in [0.2, 0.25) is 0 Å². The van der Waals surface area contributed by atoms with E-state index in [1.807, 2.05) is 19.1 Å². The van der Waals surface area contributed by atoms with Gasteiger partial charge in [0.1, 0.15) is 10.7 Å².